The van der Waals surface area contributed by atoms with Gasteiger partial charge in [-0.15, -0.1) is 21.5 Å². The van der Waals surface area contributed by atoms with E-state index in [9.17, 15) is 14.7 Å². The number of fused-ring (bicyclic) bond motifs is 4. The second kappa shape index (κ2) is 6.92. The Kier molecular flexibility index (Phi) is 4.33. The number of aromatic carboxylic acids is 1. The van der Waals surface area contributed by atoms with E-state index in [-0.39, 0.29) is 10.4 Å². The van der Waals surface area contributed by atoms with E-state index in [0.29, 0.717) is 32.5 Å². The highest BCUT2D eigenvalue weighted by molar-refractivity contribution is 7.98. The van der Waals surface area contributed by atoms with Crippen molar-refractivity contribution >= 4 is 55.8 Å². The van der Waals surface area contributed by atoms with E-state index in [4.69, 9.17) is 0 Å². The van der Waals surface area contributed by atoms with E-state index in [1.54, 1.807) is 6.92 Å². The lowest BCUT2D eigenvalue weighted by Gasteiger charge is -2.07. The van der Waals surface area contributed by atoms with E-state index in [1.807, 2.05) is 35.6 Å². The number of H-pyrrole nitrogens is 1. The maximum absolute atomic E-state index is 12.5. The van der Waals surface area contributed by atoms with Crippen molar-refractivity contribution in [2.75, 3.05) is 0 Å². The number of thioether (sulfide) groups is 1. The van der Waals surface area contributed by atoms with Gasteiger partial charge < -0.3 is 10.1 Å². The molecule has 150 valence electrons. The first-order chi connectivity index (χ1) is 14.4. The monoisotopic (exact) mass is 437 g/mol. The molecule has 0 amide bonds. The minimum absolute atomic E-state index is 0.137. The van der Waals surface area contributed by atoms with E-state index < -0.39 is 5.97 Å². The number of para-hydroxylation sites is 1. The first-order valence-corrected chi connectivity index (χ1v) is 10.9. The lowest BCUT2D eigenvalue weighted by molar-refractivity contribution is 0.0701. The van der Waals surface area contributed by atoms with Crippen molar-refractivity contribution in [1.82, 2.24) is 24.6 Å². The normalized spacial score (nSPS) is 11.7. The number of hydrogen-bond acceptors (Lipinski definition) is 7. The van der Waals surface area contributed by atoms with Gasteiger partial charge in [-0.2, -0.15) is 0 Å². The molecule has 0 saturated carbocycles. The second-order valence-corrected chi connectivity index (χ2v) is 8.81. The highest BCUT2D eigenvalue weighted by atomic mass is 32.2. The van der Waals surface area contributed by atoms with Crippen molar-refractivity contribution in [3.8, 4) is 0 Å². The van der Waals surface area contributed by atoms with E-state index in [0.717, 1.165) is 33.5 Å². The van der Waals surface area contributed by atoms with Gasteiger partial charge in [0.15, 0.2) is 10.8 Å². The number of thiophene rings is 1. The molecule has 0 fully saturated rings. The van der Waals surface area contributed by atoms with Crippen LogP contribution in [0.5, 0.6) is 0 Å². The molecule has 5 aromatic rings. The summed E-state index contributed by atoms with van der Waals surface area (Å²) in [6, 6.07) is 10.0. The average molecular weight is 438 g/mol. The number of nitrogens with one attached hydrogen (secondary N) is 1. The fraction of sp³-hybridized carbons (Fsp3) is 0.150. The summed E-state index contributed by atoms with van der Waals surface area (Å²) in [5, 5.41) is 20.0. The number of hydrogen-bond donors (Lipinski definition) is 2. The molecule has 5 rings (SSSR count). The lowest BCUT2D eigenvalue weighted by Crippen LogP contribution is -2.11. The van der Waals surface area contributed by atoms with Gasteiger partial charge >= 0.3 is 5.97 Å². The van der Waals surface area contributed by atoms with Gasteiger partial charge in [-0.25, -0.2) is 9.78 Å². The summed E-state index contributed by atoms with van der Waals surface area (Å²) in [6.07, 6.45) is 0. The van der Waals surface area contributed by atoms with Gasteiger partial charge in [-0.1, -0.05) is 30.0 Å². The number of pyridine rings is 1. The molecule has 0 bridgehead atoms. The van der Waals surface area contributed by atoms with Crippen LogP contribution in [0.2, 0.25) is 0 Å². The van der Waals surface area contributed by atoms with Gasteiger partial charge in [0.25, 0.3) is 5.56 Å². The quantitative estimate of drug-likeness (QED) is 0.411. The van der Waals surface area contributed by atoms with Crippen LogP contribution in [0, 0.1) is 13.8 Å². The maximum atomic E-state index is 12.5. The molecular weight excluding hydrogens is 422 g/mol. The third-order valence-electron chi connectivity index (χ3n) is 4.96. The van der Waals surface area contributed by atoms with Crippen molar-refractivity contribution in [1.29, 1.82) is 0 Å². The van der Waals surface area contributed by atoms with Crippen LogP contribution < -0.4 is 5.56 Å². The van der Waals surface area contributed by atoms with Crippen molar-refractivity contribution in [3.63, 3.8) is 0 Å². The summed E-state index contributed by atoms with van der Waals surface area (Å²) in [4.78, 5) is 31.7. The topological polar surface area (TPSA) is 113 Å². The highest BCUT2D eigenvalue weighted by Gasteiger charge is 2.19. The molecule has 0 radical (unpaired) electrons. The molecule has 0 unspecified atom stereocenters. The zero-order valence-corrected chi connectivity index (χ0v) is 17.6. The van der Waals surface area contributed by atoms with Crippen LogP contribution in [0.15, 0.2) is 40.3 Å². The van der Waals surface area contributed by atoms with Crippen LogP contribution in [0.4, 0.5) is 0 Å². The van der Waals surface area contributed by atoms with E-state index in [1.165, 1.54) is 11.8 Å². The van der Waals surface area contributed by atoms with Crippen molar-refractivity contribution in [2.45, 2.75) is 24.8 Å². The van der Waals surface area contributed by atoms with Crippen LogP contribution in [0.1, 0.15) is 26.6 Å². The predicted molar refractivity (Wildman–Crippen MR) is 117 cm³/mol. The standard InChI is InChI=1S/C20H15N5O3S2/c1-9-7-14-23-24-20(25(14)12-6-4-3-5-11(9)12)29-8-13-21-17(26)15-10(2)16(19(27)28)30-18(15)22-13/h3-7H,8H2,1-2H3,(H,27,28)(H,21,22,26). The van der Waals surface area contributed by atoms with Gasteiger partial charge in [0.2, 0.25) is 0 Å². The zero-order chi connectivity index (χ0) is 21.0. The first kappa shape index (κ1) is 18.8. The molecule has 30 heavy (non-hydrogen) atoms. The maximum Gasteiger partial charge on any atom is 0.346 e. The molecule has 0 aliphatic heterocycles. The van der Waals surface area contributed by atoms with Gasteiger partial charge in [-0.3, -0.25) is 9.20 Å². The number of carboxylic acids is 1. The van der Waals surface area contributed by atoms with Crippen molar-refractivity contribution < 1.29 is 9.90 Å². The number of nitrogens with zero attached hydrogens (tertiary/aromatic N) is 4. The number of aryl methyl sites for hydroxylation is 2. The molecule has 0 aliphatic carbocycles. The number of carbonyl (C=O) groups is 1. The molecule has 0 atom stereocenters. The second-order valence-electron chi connectivity index (χ2n) is 6.86. The van der Waals surface area contributed by atoms with Crippen LogP contribution in [-0.2, 0) is 5.75 Å². The molecule has 0 saturated heterocycles. The Morgan fingerprint density at radius 2 is 2.07 bits per heavy atom. The summed E-state index contributed by atoms with van der Waals surface area (Å²) >= 11 is 2.43. The molecule has 2 N–H and O–H groups in total. The number of rotatable bonds is 4. The smallest absolute Gasteiger partial charge is 0.346 e. The Morgan fingerprint density at radius 3 is 2.87 bits per heavy atom. The summed E-state index contributed by atoms with van der Waals surface area (Å²) in [7, 11) is 0. The number of aromatic amines is 1. The average Bonchev–Trinajstić information content (AvgIpc) is 3.28. The Morgan fingerprint density at radius 1 is 1.27 bits per heavy atom. The van der Waals surface area contributed by atoms with Gasteiger partial charge in [0, 0.05) is 5.39 Å². The number of aromatic nitrogens is 5. The van der Waals surface area contributed by atoms with E-state index >= 15 is 0 Å². The third-order valence-corrected chi connectivity index (χ3v) is 7.07. The molecule has 0 spiro atoms. The Hall–Kier alpha value is -3.24. The van der Waals surface area contributed by atoms with Crippen molar-refractivity contribution in [2.24, 2.45) is 0 Å². The third kappa shape index (κ3) is 2.87. The molecular formula is C20H15N5O3S2. The van der Waals surface area contributed by atoms with Crippen LogP contribution in [0.3, 0.4) is 0 Å². The molecule has 10 heteroatoms. The van der Waals surface area contributed by atoms with E-state index in [2.05, 4.69) is 26.2 Å². The summed E-state index contributed by atoms with van der Waals surface area (Å²) < 4.78 is 1.99. The Bertz CT molecular complexity index is 1530. The number of benzene rings is 1. The molecule has 1 aromatic carbocycles. The first-order valence-electron chi connectivity index (χ1n) is 9.06. The molecule has 0 aliphatic rings. The summed E-state index contributed by atoms with van der Waals surface area (Å²) in [6.45, 7) is 3.67. The van der Waals surface area contributed by atoms with Crippen LogP contribution in [0.25, 0.3) is 26.8 Å². The molecule has 4 heterocycles. The van der Waals surface area contributed by atoms with Crippen LogP contribution in [-0.4, -0.2) is 35.6 Å². The highest BCUT2D eigenvalue weighted by Crippen LogP contribution is 2.29. The molecule has 4 aromatic heterocycles. The fourth-order valence-corrected chi connectivity index (χ4v) is 5.42. The molecule has 8 nitrogen and oxygen atoms in total. The van der Waals surface area contributed by atoms with Crippen LogP contribution >= 0.6 is 23.1 Å². The van der Waals surface area contributed by atoms with Crippen molar-refractivity contribution in [3.05, 3.63) is 62.5 Å². The SMILES string of the molecule is Cc1cc2nnc(SCc3nc4sc(C(=O)O)c(C)c4c(=O)[nH]3)n2c2ccccc12. The Labute approximate surface area is 177 Å². The zero-order valence-electron chi connectivity index (χ0n) is 16.0. The van der Waals surface area contributed by atoms with Gasteiger partial charge in [0.05, 0.1) is 16.7 Å². The Balaban J connectivity index is 1.54. The van der Waals surface area contributed by atoms with Gasteiger partial charge in [0.1, 0.15) is 15.5 Å². The fourth-order valence-electron chi connectivity index (χ4n) is 3.56. The largest absolute Gasteiger partial charge is 0.477 e. The summed E-state index contributed by atoms with van der Waals surface area (Å²) in [5.41, 5.74) is 3.01. The number of carboxylic acid groups (broad SMARTS) is 1. The van der Waals surface area contributed by atoms with Gasteiger partial charge in [-0.05, 0) is 37.1 Å². The minimum Gasteiger partial charge on any atom is -0.477 e. The lowest BCUT2D eigenvalue weighted by atomic mass is 10.1. The predicted octanol–water partition coefficient (Wildman–Crippen LogP) is 3.79. The minimum atomic E-state index is -1.05. The summed E-state index contributed by atoms with van der Waals surface area (Å²) in [5.74, 6) is -0.222.